The maximum absolute atomic E-state index is 13.2. The zero-order chi connectivity index (χ0) is 23.5. The summed E-state index contributed by atoms with van der Waals surface area (Å²) in [6, 6.07) is 16.3. The minimum absolute atomic E-state index is 0.00112. The van der Waals surface area contributed by atoms with Crippen LogP contribution in [0.25, 0.3) is 5.76 Å². The number of benzene rings is 2. The number of rotatable bonds is 6. The fourth-order valence-corrected chi connectivity index (χ4v) is 3.88. The molecule has 1 aromatic heterocycles. The number of aromatic nitrogens is 1. The molecule has 2 aromatic carbocycles. The van der Waals surface area contributed by atoms with E-state index in [2.05, 4.69) is 4.98 Å². The first-order valence-electron chi connectivity index (χ1n) is 10.5. The Morgan fingerprint density at radius 2 is 1.76 bits per heavy atom. The van der Waals surface area contributed by atoms with Gasteiger partial charge in [-0.1, -0.05) is 18.2 Å². The molecule has 33 heavy (non-hydrogen) atoms. The number of methoxy groups -OCH3 is 1. The Kier molecular flexibility index (Phi) is 6.13. The Labute approximate surface area is 191 Å². The minimum Gasteiger partial charge on any atom is -0.507 e. The number of ether oxygens (including phenoxy) is 2. The van der Waals surface area contributed by atoms with Crippen molar-refractivity contribution in [2.45, 2.75) is 26.0 Å². The van der Waals surface area contributed by atoms with Gasteiger partial charge in [0.05, 0.1) is 30.5 Å². The summed E-state index contributed by atoms with van der Waals surface area (Å²) in [4.78, 5) is 31.9. The van der Waals surface area contributed by atoms with Gasteiger partial charge < -0.3 is 14.6 Å². The Bertz CT molecular complexity index is 1200. The van der Waals surface area contributed by atoms with Crippen LogP contribution in [0.15, 0.2) is 78.6 Å². The molecule has 2 heterocycles. The van der Waals surface area contributed by atoms with Crippen molar-refractivity contribution >= 4 is 23.1 Å². The molecule has 1 N–H and O–H groups in total. The number of Topliss-reactive ketones (excluding diaryl/α,β-unsaturated/α-hetero) is 1. The highest BCUT2D eigenvalue weighted by atomic mass is 16.5. The molecule has 1 aliphatic heterocycles. The summed E-state index contributed by atoms with van der Waals surface area (Å²) < 4.78 is 11.1. The van der Waals surface area contributed by atoms with Crippen LogP contribution in [0.3, 0.4) is 0 Å². The average Bonchev–Trinajstić information content (AvgIpc) is 3.09. The SMILES string of the molecule is COc1ccccc1N1C(=O)C(=O)/C(=C(/O)c2ccc(OC(C)C)cc2)C1c1cccnc1. The molecule has 1 fully saturated rings. The van der Waals surface area contributed by atoms with Crippen molar-refractivity contribution in [3.8, 4) is 11.5 Å². The summed E-state index contributed by atoms with van der Waals surface area (Å²) in [5, 5.41) is 11.2. The van der Waals surface area contributed by atoms with Gasteiger partial charge in [-0.15, -0.1) is 0 Å². The van der Waals surface area contributed by atoms with Crippen LogP contribution in [0, 0.1) is 0 Å². The van der Waals surface area contributed by atoms with Crippen LogP contribution in [-0.4, -0.2) is 35.0 Å². The smallest absolute Gasteiger partial charge is 0.300 e. The van der Waals surface area contributed by atoms with Gasteiger partial charge in [0.2, 0.25) is 0 Å². The fourth-order valence-electron chi connectivity index (χ4n) is 3.88. The molecule has 1 unspecified atom stereocenters. The van der Waals surface area contributed by atoms with Crippen LogP contribution in [0.2, 0.25) is 0 Å². The molecule has 7 nitrogen and oxygen atoms in total. The Balaban J connectivity index is 1.87. The molecule has 1 aliphatic rings. The molecule has 3 aromatic rings. The van der Waals surface area contributed by atoms with Gasteiger partial charge in [0.25, 0.3) is 11.7 Å². The summed E-state index contributed by atoms with van der Waals surface area (Å²) in [5.74, 6) is -0.733. The molecule has 0 radical (unpaired) electrons. The molecule has 0 saturated carbocycles. The monoisotopic (exact) mass is 444 g/mol. The van der Waals surface area contributed by atoms with Crippen LogP contribution in [0.1, 0.15) is 31.0 Å². The molecule has 0 bridgehead atoms. The van der Waals surface area contributed by atoms with E-state index >= 15 is 0 Å². The number of pyridine rings is 1. The number of amides is 1. The molecule has 4 rings (SSSR count). The number of carbonyl (C=O) groups is 2. The van der Waals surface area contributed by atoms with E-state index in [1.807, 2.05) is 13.8 Å². The highest BCUT2D eigenvalue weighted by molar-refractivity contribution is 6.51. The lowest BCUT2D eigenvalue weighted by Gasteiger charge is -2.26. The van der Waals surface area contributed by atoms with E-state index in [1.165, 1.54) is 12.0 Å². The first kappa shape index (κ1) is 22.1. The van der Waals surface area contributed by atoms with Gasteiger partial charge in [0.1, 0.15) is 17.3 Å². The van der Waals surface area contributed by atoms with E-state index in [1.54, 1.807) is 73.1 Å². The molecule has 0 spiro atoms. The van der Waals surface area contributed by atoms with Gasteiger partial charge in [-0.2, -0.15) is 0 Å². The lowest BCUT2D eigenvalue weighted by Crippen LogP contribution is -2.29. The third kappa shape index (κ3) is 4.17. The maximum atomic E-state index is 13.2. The normalized spacial score (nSPS) is 17.5. The number of ketones is 1. The number of nitrogens with zero attached hydrogens (tertiary/aromatic N) is 2. The number of hydrogen-bond acceptors (Lipinski definition) is 6. The third-order valence-electron chi connectivity index (χ3n) is 5.29. The van der Waals surface area contributed by atoms with E-state index in [9.17, 15) is 14.7 Å². The molecule has 7 heteroatoms. The van der Waals surface area contributed by atoms with Crippen molar-refractivity contribution in [2.75, 3.05) is 12.0 Å². The average molecular weight is 444 g/mol. The minimum atomic E-state index is -0.874. The van der Waals surface area contributed by atoms with Crippen molar-refractivity contribution in [2.24, 2.45) is 0 Å². The largest absolute Gasteiger partial charge is 0.507 e. The number of carbonyl (C=O) groups excluding carboxylic acids is 2. The number of para-hydroxylation sites is 2. The first-order valence-corrected chi connectivity index (χ1v) is 10.5. The Hall–Kier alpha value is -4.13. The second-order valence-corrected chi connectivity index (χ2v) is 7.82. The molecule has 1 saturated heterocycles. The van der Waals surface area contributed by atoms with Gasteiger partial charge in [-0.25, -0.2) is 0 Å². The van der Waals surface area contributed by atoms with Gasteiger partial charge in [-0.3, -0.25) is 19.5 Å². The van der Waals surface area contributed by atoms with Gasteiger partial charge in [0, 0.05) is 18.0 Å². The highest BCUT2D eigenvalue weighted by Gasteiger charge is 2.47. The van der Waals surface area contributed by atoms with E-state index < -0.39 is 17.7 Å². The van der Waals surface area contributed by atoms with Crippen LogP contribution in [0.4, 0.5) is 5.69 Å². The van der Waals surface area contributed by atoms with Gasteiger partial charge >= 0.3 is 0 Å². The van der Waals surface area contributed by atoms with Gasteiger partial charge in [-0.05, 0) is 61.9 Å². The van der Waals surface area contributed by atoms with Gasteiger partial charge in [0.15, 0.2) is 0 Å². The zero-order valence-corrected chi connectivity index (χ0v) is 18.6. The standard InChI is InChI=1S/C26H24N2O5/c1-16(2)33-19-12-10-17(11-13-19)24(29)22-23(18-7-6-14-27-15-18)28(26(31)25(22)30)20-8-4-5-9-21(20)32-3/h4-16,23,29H,1-3H3/b24-22+. The number of aliphatic hydroxyl groups excluding tert-OH is 1. The summed E-state index contributed by atoms with van der Waals surface area (Å²) in [5.41, 5.74) is 1.40. The lowest BCUT2D eigenvalue weighted by molar-refractivity contribution is -0.132. The molecule has 168 valence electrons. The molecule has 1 amide bonds. The summed E-state index contributed by atoms with van der Waals surface area (Å²) in [7, 11) is 1.50. The topological polar surface area (TPSA) is 89.0 Å². The Morgan fingerprint density at radius 1 is 1.03 bits per heavy atom. The van der Waals surface area contributed by atoms with Crippen LogP contribution in [0.5, 0.6) is 11.5 Å². The summed E-state index contributed by atoms with van der Waals surface area (Å²) in [6.07, 6.45) is 3.18. The van der Waals surface area contributed by atoms with Crippen LogP contribution < -0.4 is 14.4 Å². The number of aliphatic hydroxyl groups is 1. The van der Waals surface area contributed by atoms with Crippen LogP contribution >= 0.6 is 0 Å². The number of hydrogen-bond donors (Lipinski definition) is 1. The maximum Gasteiger partial charge on any atom is 0.300 e. The van der Waals surface area contributed by atoms with E-state index in [-0.39, 0.29) is 17.4 Å². The summed E-state index contributed by atoms with van der Waals surface area (Å²) in [6.45, 7) is 3.84. The number of anilines is 1. The fraction of sp³-hybridized carbons (Fsp3) is 0.192. The zero-order valence-electron chi connectivity index (χ0n) is 18.6. The van der Waals surface area contributed by atoms with Crippen molar-refractivity contribution in [3.05, 3.63) is 89.8 Å². The summed E-state index contributed by atoms with van der Waals surface area (Å²) >= 11 is 0. The van der Waals surface area contributed by atoms with Crippen molar-refractivity contribution in [1.82, 2.24) is 4.98 Å². The molecular formula is C26H24N2O5. The van der Waals surface area contributed by atoms with E-state index in [0.29, 0.717) is 28.3 Å². The van der Waals surface area contributed by atoms with Crippen molar-refractivity contribution < 1.29 is 24.2 Å². The third-order valence-corrected chi connectivity index (χ3v) is 5.29. The highest BCUT2D eigenvalue weighted by Crippen LogP contribution is 2.44. The lowest BCUT2D eigenvalue weighted by atomic mass is 9.96. The first-order chi connectivity index (χ1) is 15.9. The second kappa shape index (κ2) is 9.16. The molecule has 1 atom stereocenters. The quantitative estimate of drug-likeness (QED) is 0.342. The predicted molar refractivity (Wildman–Crippen MR) is 124 cm³/mol. The van der Waals surface area contributed by atoms with E-state index in [0.717, 1.165) is 0 Å². The second-order valence-electron chi connectivity index (χ2n) is 7.82. The Morgan fingerprint density at radius 3 is 2.39 bits per heavy atom. The van der Waals surface area contributed by atoms with Crippen molar-refractivity contribution in [1.29, 1.82) is 0 Å². The van der Waals surface area contributed by atoms with Crippen LogP contribution in [-0.2, 0) is 9.59 Å². The van der Waals surface area contributed by atoms with Crippen molar-refractivity contribution in [3.63, 3.8) is 0 Å². The molecule has 0 aliphatic carbocycles. The van der Waals surface area contributed by atoms with E-state index in [4.69, 9.17) is 9.47 Å². The predicted octanol–water partition coefficient (Wildman–Crippen LogP) is 4.50. The molecular weight excluding hydrogens is 420 g/mol.